The molecule has 0 aliphatic rings. The first-order chi connectivity index (χ1) is 9.79. The van der Waals surface area contributed by atoms with Crippen molar-refractivity contribution in [2.45, 2.75) is 33.6 Å². The van der Waals surface area contributed by atoms with Crippen molar-refractivity contribution in [1.29, 1.82) is 0 Å². The number of amides is 2. The van der Waals surface area contributed by atoms with E-state index in [0.29, 0.717) is 19.5 Å². The summed E-state index contributed by atoms with van der Waals surface area (Å²) in [7, 11) is 0. The fourth-order valence-electron chi connectivity index (χ4n) is 1.64. The quantitative estimate of drug-likeness (QED) is 0.843. The molecule has 0 saturated heterocycles. The minimum Gasteiger partial charge on any atom is -0.356 e. The smallest absolute Gasteiger partial charge is 0.225 e. The molecule has 0 radical (unpaired) electrons. The summed E-state index contributed by atoms with van der Waals surface area (Å²) in [6, 6.07) is 6.20. The van der Waals surface area contributed by atoms with Gasteiger partial charge < -0.3 is 10.6 Å². The molecule has 0 aliphatic heterocycles. The maximum atomic E-state index is 12.7. The Morgan fingerprint density at radius 3 is 2.24 bits per heavy atom. The van der Waals surface area contributed by atoms with Crippen molar-refractivity contribution in [2.24, 2.45) is 5.41 Å². The Kier molecular flexibility index (Phi) is 6.34. The summed E-state index contributed by atoms with van der Waals surface area (Å²) in [6.45, 7) is 6.30. The van der Waals surface area contributed by atoms with Gasteiger partial charge in [-0.25, -0.2) is 4.39 Å². The Bertz CT molecular complexity index is 478. The van der Waals surface area contributed by atoms with Crippen molar-refractivity contribution in [3.63, 3.8) is 0 Å². The van der Waals surface area contributed by atoms with Crippen LogP contribution in [0.25, 0.3) is 0 Å². The van der Waals surface area contributed by atoms with Gasteiger partial charge in [0.15, 0.2) is 0 Å². The number of benzene rings is 1. The highest BCUT2D eigenvalue weighted by molar-refractivity contribution is 5.82. The maximum absolute atomic E-state index is 12.7. The van der Waals surface area contributed by atoms with Crippen molar-refractivity contribution in [2.75, 3.05) is 13.1 Å². The van der Waals surface area contributed by atoms with Gasteiger partial charge in [0.25, 0.3) is 0 Å². The average molecular weight is 294 g/mol. The molecule has 0 bridgehead atoms. The van der Waals surface area contributed by atoms with E-state index in [4.69, 9.17) is 0 Å². The van der Waals surface area contributed by atoms with E-state index >= 15 is 0 Å². The number of carbonyl (C=O) groups is 2. The second-order valence-electron chi connectivity index (χ2n) is 5.98. The van der Waals surface area contributed by atoms with Gasteiger partial charge >= 0.3 is 0 Å². The van der Waals surface area contributed by atoms with E-state index in [9.17, 15) is 14.0 Å². The number of rotatable bonds is 6. The molecule has 2 N–H and O–H groups in total. The molecule has 116 valence electrons. The third-order valence-corrected chi connectivity index (χ3v) is 2.97. The van der Waals surface area contributed by atoms with Crippen LogP contribution < -0.4 is 10.6 Å². The van der Waals surface area contributed by atoms with Gasteiger partial charge in [-0.3, -0.25) is 9.59 Å². The zero-order valence-corrected chi connectivity index (χ0v) is 12.8. The molecule has 0 unspecified atom stereocenters. The number of nitrogens with one attached hydrogen (secondary N) is 2. The van der Waals surface area contributed by atoms with Gasteiger partial charge in [0.05, 0.1) is 0 Å². The molecule has 0 atom stereocenters. The maximum Gasteiger partial charge on any atom is 0.225 e. The molecule has 21 heavy (non-hydrogen) atoms. The Morgan fingerprint density at radius 1 is 1.05 bits per heavy atom. The van der Waals surface area contributed by atoms with Gasteiger partial charge in [0, 0.05) is 24.9 Å². The van der Waals surface area contributed by atoms with Crippen molar-refractivity contribution in [3.05, 3.63) is 35.6 Å². The summed E-state index contributed by atoms with van der Waals surface area (Å²) in [5, 5.41) is 5.50. The predicted octanol–water partition coefficient (Wildman–Crippen LogP) is 2.04. The summed E-state index contributed by atoms with van der Waals surface area (Å²) in [5.74, 6) is -0.440. The Balaban J connectivity index is 2.17. The van der Waals surface area contributed by atoms with E-state index in [2.05, 4.69) is 10.6 Å². The van der Waals surface area contributed by atoms with Gasteiger partial charge in [-0.1, -0.05) is 32.9 Å². The minimum absolute atomic E-state index is 0.0680. The zero-order valence-electron chi connectivity index (χ0n) is 12.8. The molecule has 0 aliphatic carbocycles. The van der Waals surface area contributed by atoms with Gasteiger partial charge in [-0.15, -0.1) is 0 Å². The summed E-state index contributed by atoms with van der Waals surface area (Å²) in [6.07, 6.45) is 0.908. The molecule has 1 rings (SSSR count). The van der Waals surface area contributed by atoms with Crippen molar-refractivity contribution >= 4 is 11.8 Å². The third kappa shape index (κ3) is 6.88. The molecule has 0 aromatic heterocycles. The molecule has 0 fully saturated rings. The van der Waals surface area contributed by atoms with Crippen LogP contribution in [-0.4, -0.2) is 24.9 Å². The number of carbonyl (C=O) groups excluding carboxylic acids is 2. The number of hydrogen-bond acceptors (Lipinski definition) is 2. The highest BCUT2D eigenvalue weighted by Gasteiger charge is 2.20. The van der Waals surface area contributed by atoms with Crippen LogP contribution in [-0.2, 0) is 16.0 Å². The van der Waals surface area contributed by atoms with Crippen molar-refractivity contribution < 1.29 is 14.0 Å². The second-order valence-corrected chi connectivity index (χ2v) is 5.98. The lowest BCUT2D eigenvalue weighted by atomic mass is 9.96. The van der Waals surface area contributed by atoms with Crippen LogP contribution in [0.3, 0.4) is 0 Å². The Hall–Kier alpha value is -1.91. The Labute approximate surface area is 125 Å². The third-order valence-electron chi connectivity index (χ3n) is 2.97. The van der Waals surface area contributed by atoms with Gasteiger partial charge in [-0.2, -0.15) is 0 Å². The fourth-order valence-corrected chi connectivity index (χ4v) is 1.64. The van der Waals surface area contributed by atoms with Gasteiger partial charge in [-0.05, 0) is 24.1 Å². The van der Waals surface area contributed by atoms with Crippen LogP contribution in [0.15, 0.2) is 24.3 Å². The van der Waals surface area contributed by atoms with Crippen LogP contribution in [0.2, 0.25) is 0 Å². The van der Waals surface area contributed by atoms with E-state index in [1.54, 1.807) is 12.1 Å². The van der Waals surface area contributed by atoms with E-state index in [1.165, 1.54) is 12.1 Å². The lowest BCUT2D eigenvalue weighted by Gasteiger charge is -2.17. The van der Waals surface area contributed by atoms with Crippen LogP contribution >= 0.6 is 0 Å². The van der Waals surface area contributed by atoms with Crippen LogP contribution in [0, 0.1) is 11.2 Å². The zero-order chi connectivity index (χ0) is 15.9. The van der Waals surface area contributed by atoms with E-state index < -0.39 is 5.41 Å². The molecule has 0 saturated carbocycles. The fraction of sp³-hybridized carbons (Fsp3) is 0.500. The summed E-state index contributed by atoms with van der Waals surface area (Å²) >= 11 is 0. The predicted molar refractivity (Wildman–Crippen MR) is 80.2 cm³/mol. The first-order valence-corrected chi connectivity index (χ1v) is 7.08. The highest BCUT2D eigenvalue weighted by Crippen LogP contribution is 2.12. The normalized spacial score (nSPS) is 11.0. The molecular formula is C16H23FN2O2. The molecule has 1 aromatic carbocycles. The summed E-state index contributed by atoms with van der Waals surface area (Å²) < 4.78 is 12.7. The average Bonchev–Trinajstić information content (AvgIpc) is 2.40. The van der Waals surface area contributed by atoms with Gasteiger partial charge in [0.2, 0.25) is 11.8 Å². The number of hydrogen-bond donors (Lipinski definition) is 2. The highest BCUT2D eigenvalue weighted by atomic mass is 19.1. The van der Waals surface area contributed by atoms with Crippen molar-refractivity contribution in [1.82, 2.24) is 10.6 Å². The first-order valence-electron chi connectivity index (χ1n) is 7.08. The van der Waals surface area contributed by atoms with E-state index in [1.807, 2.05) is 20.8 Å². The van der Waals surface area contributed by atoms with Crippen LogP contribution in [0.5, 0.6) is 0 Å². The largest absolute Gasteiger partial charge is 0.356 e. The molecule has 0 spiro atoms. The SMILES string of the molecule is CC(C)(C)C(=O)NCCC(=O)NCCc1ccc(F)cc1. The standard InChI is InChI=1S/C16H23FN2O2/c1-16(2,3)15(21)19-11-9-14(20)18-10-8-12-4-6-13(17)7-5-12/h4-7H,8-11H2,1-3H3,(H,18,20)(H,19,21). The van der Waals surface area contributed by atoms with Gasteiger partial charge in [0.1, 0.15) is 5.82 Å². The van der Waals surface area contributed by atoms with E-state index in [-0.39, 0.29) is 24.1 Å². The monoisotopic (exact) mass is 294 g/mol. The minimum atomic E-state index is -0.445. The van der Waals surface area contributed by atoms with Crippen molar-refractivity contribution in [3.8, 4) is 0 Å². The molecule has 2 amide bonds. The first kappa shape index (κ1) is 17.1. The Morgan fingerprint density at radius 2 is 1.67 bits per heavy atom. The summed E-state index contributed by atoms with van der Waals surface area (Å²) in [5.41, 5.74) is 0.525. The van der Waals surface area contributed by atoms with Crippen LogP contribution in [0.4, 0.5) is 4.39 Å². The van der Waals surface area contributed by atoms with Crippen LogP contribution in [0.1, 0.15) is 32.8 Å². The molecular weight excluding hydrogens is 271 g/mol. The van der Waals surface area contributed by atoms with E-state index in [0.717, 1.165) is 5.56 Å². The molecule has 5 heteroatoms. The number of halogens is 1. The lowest BCUT2D eigenvalue weighted by Crippen LogP contribution is -2.37. The topological polar surface area (TPSA) is 58.2 Å². The molecule has 4 nitrogen and oxygen atoms in total. The molecule has 0 heterocycles. The molecule has 1 aromatic rings. The second kappa shape index (κ2) is 7.76. The summed E-state index contributed by atoms with van der Waals surface area (Å²) in [4.78, 5) is 23.2. The lowest BCUT2D eigenvalue weighted by molar-refractivity contribution is -0.128.